The second kappa shape index (κ2) is 21.8. The molecule has 0 aliphatic heterocycles. The van der Waals surface area contributed by atoms with E-state index in [1.54, 1.807) is 12.4 Å². The number of nitrogens with zero attached hydrogens (tertiary/aromatic N) is 6. The summed E-state index contributed by atoms with van der Waals surface area (Å²) in [7, 11) is 0. The molecule has 0 fully saturated rings. The molecule has 0 amide bonds. The minimum Gasteiger partial charge on any atom is -0.502 e. The third-order valence-electron chi connectivity index (χ3n) is 12.6. The molecule has 10 aromatic rings. The van der Waals surface area contributed by atoms with Gasteiger partial charge in [-0.05, 0) is 58.3 Å². The standard InChI is InChI=1S/C61H52N6O2.2Pd/c1-37(2)41-15-19-43(20-16-41)59-51(39(5)6)29-45(53-13-9-11-27-63-53)31-57(59)68-47-23-25-49-50-26-24-48(34-56(50)67(55(49)33-47)61-65-35-62-36-66-61)69-58-32-46(54-14-10-12-28-64-54)30-52(40(7)8)60(58)44-21-17-42(18-22-44)38(3)4;;/h9-30,35-40H,1-8H3;;/q-4;2*+2. The first-order valence-electron chi connectivity index (χ1n) is 23.7. The number of rotatable bonds is 13. The number of aromatic nitrogens is 6. The molecule has 0 aliphatic rings. The summed E-state index contributed by atoms with van der Waals surface area (Å²) in [6, 6.07) is 56.3. The van der Waals surface area contributed by atoms with E-state index in [1.807, 2.05) is 53.1 Å². The molecule has 8 nitrogen and oxygen atoms in total. The molecule has 4 aromatic heterocycles. The topological polar surface area (TPSA) is 87.8 Å². The van der Waals surface area contributed by atoms with Crippen LogP contribution in [0.25, 0.3) is 72.5 Å². The second-order valence-corrected chi connectivity index (χ2v) is 18.6. The van der Waals surface area contributed by atoms with Gasteiger partial charge in [-0.1, -0.05) is 174 Å². The van der Waals surface area contributed by atoms with Crippen LogP contribution in [0.4, 0.5) is 0 Å². The molecule has 0 aliphatic carbocycles. The fraction of sp³-hybridized carbons (Fsp3) is 0.197. The zero-order chi connectivity index (χ0) is 47.8. The summed E-state index contributed by atoms with van der Waals surface area (Å²) in [5.74, 6) is 3.70. The van der Waals surface area contributed by atoms with Crippen LogP contribution < -0.4 is 9.47 Å². The van der Waals surface area contributed by atoms with Crippen LogP contribution in [0.15, 0.2) is 146 Å². The molecule has 0 spiro atoms. The van der Waals surface area contributed by atoms with Crippen molar-refractivity contribution in [3.05, 3.63) is 193 Å². The Morgan fingerprint density at radius 3 is 1.24 bits per heavy atom. The summed E-state index contributed by atoms with van der Waals surface area (Å²) in [6.45, 7) is 17.7. The van der Waals surface area contributed by atoms with Gasteiger partial charge in [-0.15, -0.1) is 58.7 Å². The normalized spacial score (nSPS) is 11.4. The molecular formula is C61H52N6O2Pd2. The Morgan fingerprint density at radius 1 is 0.451 bits per heavy atom. The van der Waals surface area contributed by atoms with Gasteiger partial charge in [0.1, 0.15) is 12.7 Å². The molecule has 0 saturated heterocycles. The average Bonchev–Trinajstić information content (AvgIpc) is 3.69. The minimum absolute atomic E-state index is 0. The van der Waals surface area contributed by atoms with Gasteiger partial charge in [0.05, 0.1) is 0 Å². The van der Waals surface area contributed by atoms with Gasteiger partial charge in [-0.2, -0.15) is 22.9 Å². The van der Waals surface area contributed by atoms with E-state index in [9.17, 15) is 0 Å². The summed E-state index contributed by atoms with van der Waals surface area (Å²) in [6.07, 6.45) is 6.59. The molecule has 10 rings (SSSR count). The van der Waals surface area contributed by atoms with Crippen molar-refractivity contribution in [1.82, 2.24) is 29.5 Å². The van der Waals surface area contributed by atoms with Crippen molar-refractivity contribution >= 4 is 21.8 Å². The Morgan fingerprint density at radius 2 is 0.873 bits per heavy atom. The quantitative estimate of drug-likeness (QED) is 0.0839. The van der Waals surface area contributed by atoms with Crippen molar-refractivity contribution in [2.75, 3.05) is 0 Å². The predicted molar refractivity (Wildman–Crippen MR) is 276 cm³/mol. The number of hydrogen-bond acceptors (Lipinski definition) is 7. The van der Waals surface area contributed by atoms with Crippen LogP contribution in [0.3, 0.4) is 0 Å². The third kappa shape index (κ3) is 10.4. The van der Waals surface area contributed by atoms with E-state index < -0.39 is 0 Å². The van der Waals surface area contributed by atoms with Crippen LogP contribution in [0.5, 0.6) is 23.0 Å². The first-order chi connectivity index (χ1) is 33.5. The van der Waals surface area contributed by atoms with Gasteiger partial charge >= 0.3 is 40.8 Å². The smallest absolute Gasteiger partial charge is 0.502 e. The average molecular weight is 1110 g/mol. The number of pyridine rings is 2. The molecule has 6 aromatic carbocycles. The molecule has 71 heavy (non-hydrogen) atoms. The zero-order valence-electron chi connectivity index (χ0n) is 40.8. The monoisotopic (exact) mass is 1110 g/mol. The van der Waals surface area contributed by atoms with E-state index >= 15 is 0 Å². The van der Waals surface area contributed by atoms with Crippen molar-refractivity contribution in [1.29, 1.82) is 0 Å². The van der Waals surface area contributed by atoms with Crippen molar-refractivity contribution in [3.63, 3.8) is 0 Å². The molecule has 0 saturated carbocycles. The summed E-state index contributed by atoms with van der Waals surface area (Å²) in [5, 5.41) is 1.83. The molecule has 0 unspecified atom stereocenters. The Hall–Kier alpha value is -6.65. The molecular weight excluding hydrogens is 1060 g/mol. The molecule has 0 N–H and O–H groups in total. The molecule has 10 heteroatoms. The Labute approximate surface area is 444 Å². The third-order valence-corrected chi connectivity index (χ3v) is 12.6. The maximum absolute atomic E-state index is 7.00. The zero-order valence-corrected chi connectivity index (χ0v) is 43.9. The van der Waals surface area contributed by atoms with Crippen molar-refractivity contribution in [2.24, 2.45) is 0 Å². The predicted octanol–water partition coefficient (Wildman–Crippen LogP) is 15.7. The van der Waals surface area contributed by atoms with Gasteiger partial charge in [0.15, 0.2) is 0 Å². The van der Waals surface area contributed by atoms with Gasteiger partial charge in [0.25, 0.3) is 0 Å². The fourth-order valence-corrected chi connectivity index (χ4v) is 8.92. The maximum atomic E-state index is 7.00. The molecule has 358 valence electrons. The van der Waals surface area contributed by atoms with E-state index in [1.165, 1.54) is 23.8 Å². The Kier molecular flexibility index (Phi) is 15.6. The molecule has 0 bridgehead atoms. The van der Waals surface area contributed by atoms with E-state index in [0.29, 0.717) is 51.8 Å². The van der Waals surface area contributed by atoms with E-state index in [0.717, 1.165) is 66.7 Å². The molecule has 4 heterocycles. The van der Waals surface area contributed by atoms with Crippen LogP contribution in [0, 0.1) is 24.3 Å². The summed E-state index contributed by atoms with van der Waals surface area (Å²) < 4.78 is 15.9. The van der Waals surface area contributed by atoms with Crippen LogP contribution in [-0.2, 0) is 40.8 Å². The Balaban J connectivity index is 0.00000338. The fourth-order valence-electron chi connectivity index (χ4n) is 8.92. The van der Waals surface area contributed by atoms with E-state index in [2.05, 4.69) is 167 Å². The van der Waals surface area contributed by atoms with Crippen LogP contribution in [0.2, 0.25) is 0 Å². The summed E-state index contributed by atoms with van der Waals surface area (Å²) in [4.78, 5) is 22.8. The van der Waals surface area contributed by atoms with E-state index in [-0.39, 0.29) is 52.7 Å². The minimum atomic E-state index is 0. The van der Waals surface area contributed by atoms with Crippen molar-refractivity contribution < 1.29 is 50.3 Å². The number of benzene rings is 6. The van der Waals surface area contributed by atoms with Crippen LogP contribution in [0.1, 0.15) is 101 Å². The summed E-state index contributed by atoms with van der Waals surface area (Å²) in [5.41, 5.74) is 13.5. The van der Waals surface area contributed by atoms with Crippen molar-refractivity contribution in [2.45, 2.75) is 79.1 Å². The van der Waals surface area contributed by atoms with Gasteiger partial charge < -0.3 is 24.0 Å². The number of fused-ring (bicyclic) bond motifs is 3. The molecule has 0 radical (unpaired) electrons. The SMILES string of the molecule is CC(C)c1ccc(-c2c(Oc3[c-]c4c(cc3)c3ccc(Oc5[c-]c(-c6ccccn6)cc(C(C)C)c5-c5ccc(C(C)C)cc5)[c-]c3n4-c3ncncn3)[c-]c(-c3ccccn3)cc2C(C)C)cc1.[Pd+2].[Pd+2]. The second-order valence-electron chi connectivity index (χ2n) is 18.6. The van der Waals surface area contributed by atoms with Gasteiger partial charge in [-0.3, -0.25) is 0 Å². The van der Waals surface area contributed by atoms with E-state index in [4.69, 9.17) is 19.4 Å². The van der Waals surface area contributed by atoms with Gasteiger partial charge in [0, 0.05) is 35.4 Å². The van der Waals surface area contributed by atoms with Crippen LogP contribution >= 0.6 is 0 Å². The first kappa shape index (κ1) is 50.7. The number of ether oxygens (including phenoxy) is 2. The van der Waals surface area contributed by atoms with Crippen molar-refractivity contribution in [3.8, 4) is 73.7 Å². The van der Waals surface area contributed by atoms with Crippen LogP contribution in [-0.4, -0.2) is 29.5 Å². The maximum Gasteiger partial charge on any atom is 2.00 e. The number of hydrogen-bond donors (Lipinski definition) is 0. The first-order valence-corrected chi connectivity index (χ1v) is 23.7. The van der Waals surface area contributed by atoms with Gasteiger partial charge in [-0.25, -0.2) is 15.0 Å². The molecule has 0 atom stereocenters. The Bertz CT molecular complexity index is 3220. The largest absolute Gasteiger partial charge is 2.00 e. The van der Waals surface area contributed by atoms with Gasteiger partial charge in [0.2, 0.25) is 5.95 Å². The summed E-state index contributed by atoms with van der Waals surface area (Å²) >= 11 is 0.